The zero-order chi connectivity index (χ0) is 13.2. The normalized spacial score (nSPS) is 27.1. The Bertz CT molecular complexity index is 277. The summed E-state index contributed by atoms with van der Waals surface area (Å²) < 4.78 is 0. The lowest BCUT2D eigenvalue weighted by atomic mass is 9.92. The van der Waals surface area contributed by atoms with Crippen molar-refractivity contribution in [3.05, 3.63) is 0 Å². The maximum Gasteiger partial charge on any atom is 0.323 e. The number of hydrogen-bond acceptors (Lipinski definition) is 3. The number of aliphatic carboxylic acids is 1. The number of carboxylic acid groups (broad SMARTS) is 1. The molecule has 4 nitrogen and oxygen atoms in total. The van der Waals surface area contributed by atoms with Crippen LogP contribution in [0.5, 0.6) is 0 Å². The average Bonchev–Trinajstić information content (AvgIpc) is 2.64. The van der Waals surface area contributed by atoms with Gasteiger partial charge < -0.3 is 10.8 Å². The van der Waals surface area contributed by atoms with Crippen LogP contribution in [0.4, 0.5) is 0 Å². The molecule has 1 aliphatic rings. The fraction of sp³-hybridized carbons (Fsp3) is 0.923. The highest BCUT2D eigenvalue weighted by molar-refractivity contribution is 5.77. The molecule has 17 heavy (non-hydrogen) atoms. The van der Waals surface area contributed by atoms with Gasteiger partial charge in [-0.25, -0.2) is 0 Å². The molecule has 1 heterocycles. The number of likely N-dealkylation sites (tertiary alicyclic amines) is 1. The third-order valence-electron chi connectivity index (χ3n) is 3.89. The van der Waals surface area contributed by atoms with E-state index in [1.807, 2.05) is 0 Å². The molecule has 1 rings (SSSR count). The molecule has 0 aromatic rings. The SMILES string of the molecule is CC(C)C1CCCN1C(C)CC(C)(N)C(=O)O. The van der Waals surface area contributed by atoms with Gasteiger partial charge in [0.2, 0.25) is 0 Å². The van der Waals surface area contributed by atoms with Crippen LogP contribution >= 0.6 is 0 Å². The van der Waals surface area contributed by atoms with E-state index in [1.54, 1.807) is 6.92 Å². The van der Waals surface area contributed by atoms with Crippen LogP contribution in [0.2, 0.25) is 0 Å². The topological polar surface area (TPSA) is 66.6 Å². The van der Waals surface area contributed by atoms with Crippen LogP contribution in [0.25, 0.3) is 0 Å². The average molecular weight is 242 g/mol. The molecule has 0 bridgehead atoms. The number of hydrogen-bond donors (Lipinski definition) is 2. The summed E-state index contributed by atoms with van der Waals surface area (Å²) in [5.41, 5.74) is 4.70. The van der Waals surface area contributed by atoms with Crippen molar-refractivity contribution < 1.29 is 9.90 Å². The van der Waals surface area contributed by atoms with Gasteiger partial charge in [0.1, 0.15) is 5.54 Å². The molecule has 1 saturated heterocycles. The summed E-state index contributed by atoms with van der Waals surface area (Å²) >= 11 is 0. The second-order valence-electron chi connectivity index (χ2n) is 5.97. The lowest BCUT2D eigenvalue weighted by Crippen LogP contribution is -2.51. The molecule has 0 aliphatic carbocycles. The second-order valence-corrected chi connectivity index (χ2v) is 5.97. The Morgan fingerprint density at radius 3 is 2.59 bits per heavy atom. The maximum atomic E-state index is 11.0. The summed E-state index contributed by atoms with van der Waals surface area (Å²) in [4.78, 5) is 13.5. The minimum absolute atomic E-state index is 0.232. The lowest BCUT2D eigenvalue weighted by Gasteiger charge is -2.36. The van der Waals surface area contributed by atoms with Gasteiger partial charge in [0.25, 0.3) is 0 Å². The van der Waals surface area contributed by atoms with E-state index in [0.717, 1.165) is 6.54 Å². The summed E-state index contributed by atoms with van der Waals surface area (Å²) in [6, 6.07) is 0.811. The molecule has 3 atom stereocenters. The molecule has 1 aliphatic heterocycles. The van der Waals surface area contributed by atoms with Gasteiger partial charge in [0, 0.05) is 12.1 Å². The molecule has 0 amide bonds. The highest BCUT2D eigenvalue weighted by atomic mass is 16.4. The fourth-order valence-electron chi connectivity index (χ4n) is 2.90. The Labute approximate surface area is 104 Å². The van der Waals surface area contributed by atoms with Crippen LogP contribution in [-0.4, -0.2) is 40.1 Å². The molecular formula is C13H26N2O2. The van der Waals surface area contributed by atoms with Gasteiger partial charge in [-0.05, 0) is 45.6 Å². The molecule has 0 saturated carbocycles. The van der Waals surface area contributed by atoms with E-state index < -0.39 is 11.5 Å². The second kappa shape index (κ2) is 5.36. The molecular weight excluding hydrogens is 216 g/mol. The first kappa shape index (κ1) is 14.5. The fourth-order valence-corrected chi connectivity index (χ4v) is 2.90. The zero-order valence-corrected chi connectivity index (χ0v) is 11.4. The molecule has 1 fully saturated rings. The molecule has 100 valence electrons. The van der Waals surface area contributed by atoms with Crippen LogP contribution in [0, 0.1) is 5.92 Å². The first-order chi connectivity index (χ1) is 7.75. The Kier molecular flexibility index (Phi) is 4.55. The van der Waals surface area contributed by atoms with Crippen LogP contribution in [0.1, 0.15) is 47.0 Å². The molecule has 3 N–H and O–H groups in total. The quantitative estimate of drug-likeness (QED) is 0.770. The van der Waals surface area contributed by atoms with E-state index in [4.69, 9.17) is 10.8 Å². The van der Waals surface area contributed by atoms with Crippen molar-refractivity contribution in [1.29, 1.82) is 0 Å². The van der Waals surface area contributed by atoms with E-state index in [0.29, 0.717) is 18.4 Å². The Balaban J connectivity index is 2.64. The van der Waals surface area contributed by atoms with Gasteiger partial charge >= 0.3 is 5.97 Å². The Hall–Kier alpha value is -0.610. The van der Waals surface area contributed by atoms with Gasteiger partial charge in [0.15, 0.2) is 0 Å². The molecule has 0 spiro atoms. The molecule has 0 aromatic carbocycles. The van der Waals surface area contributed by atoms with E-state index in [-0.39, 0.29) is 6.04 Å². The van der Waals surface area contributed by atoms with Gasteiger partial charge in [-0.1, -0.05) is 13.8 Å². The van der Waals surface area contributed by atoms with E-state index in [9.17, 15) is 4.79 Å². The summed E-state index contributed by atoms with van der Waals surface area (Å²) in [7, 11) is 0. The first-order valence-corrected chi connectivity index (χ1v) is 6.53. The molecule has 3 unspecified atom stereocenters. The van der Waals surface area contributed by atoms with Crippen molar-refractivity contribution in [2.75, 3.05) is 6.54 Å². The predicted molar refractivity (Wildman–Crippen MR) is 68.9 cm³/mol. The monoisotopic (exact) mass is 242 g/mol. The lowest BCUT2D eigenvalue weighted by molar-refractivity contribution is -0.143. The minimum Gasteiger partial charge on any atom is -0.480 e. The highest BCUT2D eigenvalue weighted by Crippen LogP contribution is 2.28. The number of carbonyl (C=O) groups is 1. The summed E-state index contributed by atoms with van der Waals surface area (Å²) in [6.45, 7) is 9.23. The van der Waals surface area contributed by atoms with Gasteiger partial charge in [-0.2, -0.15) is 0 Å². The number of nitrogens with two attached hydrogens (primary N) is 1. The van der Waals surface area contributed by atoms with E-state index in [2.05, 4.69) is 25.7 Å². The summed E-state index contributed by atoms with van der Waals surface area (Å²) in [5, 5.41) is 9.06. The van der Waals surface area contributed by atoms with Gasteiger partial charge in [0.05, 0.1) is 0 Å². The minimum atomic E-state index is -1.12. The summed E-state index contributed by atoms with van der Waals surface area (Å²) in [6.07, 6.45) is 2.93. The van der Waals surface area contributed by atoms with Gasteiger partial charge in [-0.15, -0.1) is 0 Å². The zero-order valence-electron chi connectivity index (χ0n) is 11.4. The number of carboxylic acids is 1. The summed E-state index contributed by atoms with van der Waals surface area (Å²) in [5.74, 6) is -0.293. The largest absolute Gasteiger partial charge is 0.480 e. The Morgan fingerprint density at radius 1 is 1.53 bits per heavy atom. The van der Waals surface area contributed by atoms with Crippen LogP contribution in [0.15, 0.2) is 0 Å². The van der Waals surface area contributed by atoms with E-state index >= 15 is 0 Å². The first-order valence-electron chi connectivity index (χ1n) is 6.53. The number of rotatable bonds is 5. The van der Waals surface area contributed by atoms with Crippen molar-refractivity contribution in [2.24, 2.45) is 11.7 Å². The maximum absolute atomic E-state index is 11.0. The number of nitrogens with zero attached hydrogens (tertiary/aromatic N) is 1. The third kappa shape index (κ3) is 3.42. The van der Waals surface area contributed by atoms with Crippen molar-refractivity contribution >= 4 is 5.97 Å². The van der Waals surface area contributed by atoms with E-state index in [1.165, 1.54) is 12.8 Å². The van der Waals surface area contributed by atoms with Gasteiger partial charge in [-0.3, -0.25) is 9.69 Å². The molecule has 0 aromatic heterocycles. The molecule has 4 heteroatoms. The van der Waals surface area contributed by atoms with Crippen LogP contribution < -0.4 is 5.73 Å². The van der Waals surface area contributed by atoms with Crippen molar-refractivity contribution in [1.82, 2.24) is 4.90 Å². The Morgan fingerprint density at radius 2 is 2.12 bits per heavy atom. The highest BCUT2D eigenvalue weighted by Gasteiger charge is 2.36. The molecule has 0 radical (unpaired) electrons. The van der Waals surface area contributed by atoms with Crippen molar-refractivity contribution in [2.45, 2.75) is 64.6 Å². The smallest absolute Gasteiger partial charge is 0.323 e. The predicted octanol–water partition coefficient (Wildman–Crippen LogP) is 1.69. The van der Waals surface area contributed by atoms with Crippen LogP contribution in [-0.2, 0) is 4.79 Å². The van der Waals surface area contributed by atoms with Crippen molar-refractivity contribution in [3.63, 3.8) is 0 Å². The third-order valence-corrected chi connectivity index (χ3v) is 3.89. The standard InChI is InChI=1S/C13H26N2O2/c1-9(2)11-6-5-7-15(11)10(3)8-13(4,14)12(16)17/h9-11H,5-8,14H2,1-4H3,(H,16,17). The van der Waals surface area contributed by atoms with Crippen molar-refractivity contribution in [3.8, 4) is 0 Å². The van der Waals surface area contributed by atoms with Crippen LogP contribution in [0.3, 0.4) is 0 Å².